The number of hydrogen-bond donors (Lipinski definition) is 4. The van der Waals surface area contributed by atoms with Crippen LogP contribution in [0.4, 0.5) is 18.4 Å². The summed E-state index contributed by atoms with van der Waals surface area (Å²) in [5.41, 5.74) is 1.42. The Hall–Kier alpha value is -7.10. The normalized spacial score (nSPS) is 22.8. The molecule has 0 radical (unpaired) electrons. The van der Waals surface area contributed by atoms with Crippen LogP contribution < -0.4 is 10.6 Å². The van der Waals surface area contributed by atoms with Gasteiger partial charge in [-0.1, -0.05) is 75.2 Å². The second kappa shape index (κ2) is 26.4. The molecule has 84 heavy (non-hydrogen) atoms. The third-order valence-corrected chi connectivity index (χ3v) is 17.2. The highest BCUT2D eigenvalue weighted by molar-refractivity contribution is 7.12. The highest BCUT2D eigenvalue weighted by Gasteiger charge is 2.52. The molecule has 0 bridgehead atoms. The highest BCUT2D eigenvalue weighted by Crippen LogP contribution is 2.41. The first-order valence-corrected chi connectivity index (χ1v) is 29.9. The molecule has 4 N–H and O–H groups in total. The molecule has 2 aromatic carbocycles. The zero-order valence-corrected chi connectivity index (χ0v) is 50.0. The number of nitrogens with zero attached hydrogens (tertiary/aromatic N) is 10. The van der Waals surface area contributed by atoms with Gasteiger partial charge in [-0.05, 0) is 37.8 Å². The first-order chi connectivity index (χ1) is 40.2. The van der Waals surface area contributed by atoms with Crippen molar-refractivity contribution in [2.45, 2.75) is 77.8 Å². The number of aliphatic carboxylic acids is 2. The predicted molar refractivity (Wildman–Crippen MR) is 310 cm³/mol. The number of carbonyl (C=O) groups excluding carboxylic acids is 4. The molecule has 0 spiro atoms. The quantitative estimate of drug-likeness (QED) is 0.0752. The minimum Gasteiger partial charge on any atom is -0.480 e. The summed E-state index contributed by atoms with van der Waals surface area (Å²) < 4.78 is 40.0. The number of urea groups is 2. The molecule has 2 aromatic heterocycles. The summed E-state index contributed by atoms with van der Waals surface area (Å²) in [4.78, 5) is 107. The van der Waals surface area contributed by atoms with Crippen LogP contribution in [0.3, 0.4) is 0 Å². The summed E-state index contributed by atoms with van der Waals surface area (Å²) in [6, 6.07) is 2.97. The molecular weight excluding hydrogens is 1170 g/mol. The van der Waals surface area contributed by atoms with Gasteiger partial charge in [0.1, 0.15) is 35.8 Å². The van der Waals surface area contributed by atoms with Crippen LogP contribution in [0.5, 0.6) is 0 Å². The zero-order chi connectivity index (χ0) is 60.3. The van der Waals surface area contributed by atoms with Gasteiger partial charge in [-0.25, -0.2) is 37.9 Å². The third kappa shape index (κ3) is 12.8. The summed E-state index contributed by atoms with van der Waals surface area (Å²) in [5, 5.41) is 31.4. The number of halogens is 4. The molecular formula is C56H64Cl2F2N12O10S2. The van der Waals surface area contributed by atoms with E-state index < -0.39 is 71.8 Å². The van der Waals surface area contributed by atoms with Gasteiger partial charge in [0.15, 0.2) is 21.7 Å². The summed E-state index contributed by atoms with van der Waals surface area (Å²) >= 11 is 15.4. The van der Waals surface area contributed by atoms with Crippen molar-refractivity contribution in [1.29, 1.82) is 0 Å². The third-order valence-electron chi connectivity index (χ3n) is 14.9. The number of amidine groups is 2. The van der Waals surface area contributed by atoms with E-state index >= 15 is 0 Å². The average molecular weight is 1240 g/mol. The van der Waals surface area contributed by atoms with Crippen molar-refractivity contribution in [3.05, 3.63) is 125 Å². The van der Waals surface area contributed by atoms with Crippen LogP contribution in [0.25, 0.3) is 0 Å². The molecule has 4 saturated heterocycles. The second-order valence-corrected chi connectivity index (χ2v) is 23.9. The predicted octanol–water partition coefficient (Wildman–Crippen LogP) is 6.75. The lowest BCUT2D eigenvalue weighted by atomic mass is 9.94. The SMILES string of the molecule is CCOC(=O)C1=C(CN2CCN3C(=O)N(CC(C)C)C[C@@H]3[C@H]2C(=O)O)NC(c2nccs2)=N[C@H]1c1cccc(F)c1Cl.CCOC(=O)C1=C(CN2CCN3C(=O)N(CC(C)C)C[C@H]3[C@@H]2C(=O)O)NC(c2nccs2)=N[C@H]1c1cccc(F)c1Cl. The topological polar surface area (TPSA) is 255 Å². The van der Waals surface area contributed by atoms with Gasteiger partial charge in [0.25, 0.3) is 0 Å². The van der Waals surface area contributed by atoms with Crippen LogP contribution in [0.2, 0.25) is 10.0 Å². The van der Waals surface area contributed by atoms with Gasteiger partial charge in [0, 0.05) is 111 Å². The maximum Gasteiger partial charge on any atom is 0.338 e. The molecule has 6 atom stereocenters. The molecule has 6 aliphatic heterocycles. The number of carboxylic acids is 2. The summed E-state index contributed by atoms with van der Waals surface area (Å²) in [6.45, 7) is 14.3. The maximum atomic E-state index is 14.6. The molecule has 4 amide bonds. The van der Waals surface area contributed by atoms with Crippen LogP contribution >= 0.6 is 45.9 Å². The number of carbonyl (C=O) groups is 6. The number of thiazole rings is 2. The van der Waals surface area contributed by atoms with E-state index in [-0.39, 0.29) is 109 Å². The molecule has 4 fully saturated rings. The Labute approximate surface area is 501 Å². The molecule has 0 aliphatic carbocycles. The minimum atomic E-state index is -1.07. The number of hydrogen-bond acceptors (Lipinski definition) is 18. The molecule has 448 valence electrons. The fourth-order valence-electron chi connectivity index (χ4n) is 11.5. The van der Waals surface area contributed by atoms with E-state index in [4.69, 9.17) is 42.7 Å². The van der Waals surface area contributed by atoms with Gasteiger partial charge in [-0.2, -0.15) is 0 Å². The molecule has 22 nitrogen and oxygen atoms in total. The van der Waals surface area contributed by atoms with Crippen molar-refractivity contribution < 1.29 is 57.2 Å². The van der Waals surface area contributed by atoms with E-state index in [0.717, 1.165) is 0 Å². The Morgan fingerprint density at radius 3 is 1.38 bits per heavy atom. The maximum absolute atomic E-state index is 14.6. The Balaban J connectivity index is 0.000000202. The van der Waals surface area contributed by atoms with Gasteiger partial charge >= 0.3 is 35.9 Å². The average Bonchev–Trinajstić information content (AvgIpc) is 2.48. The van der Waals surface area contributed by atoms with Crippen molar-refractivity contribution >= 4 is 93.5 Å². The van der Waals surface area contributed by atoms with Crippen LogP contribution in [0, 0.1) is 23.5 Å². The molecule has 6 aliphatic rings. The fraction of sp³-hybridized carbons (Fsp3) is 0.464. The standard InChI is InChI=1S/2C28H32ClFN6O5S/c2*1-4-41-27(39)20-18(13-34-9-10-36-19(23(34)26(37)38)14-35(28(36)40)12-15(2)3)32-24(25-31-8-11-42-25)33-22(20)16-6-5-7-17(30)21(16)29/h2*5-8,11,15,19,22-23H,4,9-10,12-14H2,1-3H3,(H,32,33)(H,37,38)/t19-,22+,23+;19-,22-,23+/m10/s1. The minimum absolute atomic E-state index is 0.00164. The Morgan fingerprint density at radius 1 is 0.655 bits per heavy atom. The van der Waals surface area contributed by atoms with E-state index in [1.54, 1.807) is 78.5 Å². The van der Waals surface area contributed by atoms with Gasteiger partial charge in [-0.3, -0.25) is 29.4 Å². The summed E-state index contributed by atoms with van der Waals surface area (Å²) in [7, 11) is 0. The molecule has 28 heteroatoms. The summed E-state index contributed by atoms with van der Waals surface area (Å²) in [6.07, 6.45) is 3.22. The van der Waals surface area contributed by atoms with E-state index in [2.05, 4.69) is 20.6 Å². The van der Waals surface area contributed by atoms with E-state index in [9.17, 15) is 47.8 Å². The number of aromatic nitrogens is 2. The van der Waals surface area contributed by atoms with Gasteiger partial charge in [-0.15, -0.1) is 22.7 Å². The van der Waals surface area contributed by atoms with Crippen LogP contribution in [-0.2, 0) is 28.7 Å². The number of esters is 2. The van der Waals surface area contributed by atoms with Crippen LogP contribution in [0.1, 0.15) is 74.8 Å². The first kappa shape index (κ1) is 61.5. The van der Waals surface area contributed by atoms with Crippen molar-refractivity contribution in [2.24, 2.45) is 21.8 Å². The number of nitrogens with one attached hydrogen (secondary N) is 2. The Morgan fingerprint density at radius 2 is 1.05 bits per heavy atom. The molecule has 10 rings (SSSR count). The second-order valence-electron chi connectivity index (χ2n) is 21.4. The Kier molecular flexibility index (Phi) is 19.3. The number of piperazine rings is 2. The van der Waals surface area contributed by atoms with Gasteiger partial charge in [0.2, 0.25) is 0 Å². The lowest BCUT2D eigenvalue weighted by Crippen LogP contribution is -2.62. The smallest absolute Gasteiger partial charge is 0.338 e. The van der Waals surface area contributed by atoms with Gasteiger partial charge < -0.3 is 49.9 Å². The lowest BCUT2D eigenvalue weighted by molar-refractivity contribution is -0.148. The molecule has 0 unspecified atom stereocenters. The molecule has 8 heterocycles. The largest absolute Gasteiger partial charge is 0.480 e. The Bertz CT molecular complexity index is 3080. The van der Waals surface area contributed by atoms with Crippen molar-refractivity contribution in [1.82, 2.24) is 50.0 Å². The van der Waals surface area contributed by atoms with E-state index in [1.807, 2.05) is 27.7 Å². The monoisotopic (exact) mass is 1240 g/mol. The number of ether oxygens (including phenoxy) is 2. The van der Waals surface area contributed by atoms with Crippen LogP contribution in [-0.4, -0.2) is 200 Å². The zero-order valence-electron chi connectivity index (χ0n) is 46.8. The lowest BCUT2D eigenvalue weighted by Gasteiger charge is -2.42. The number of aliphatic imine (C=N–C) groups is 2. The van der Waals surface area contributed by atoms with E-state index in [0.29, 0.717) is 59.3 Å². The number of amides is 4. The van der Waals surface area contributed by atoms with Crippen molar-refractivity contribution in [3.63, 3.8) is 0 Å². The highest BCUT2D eigenvalue weighted by atomic mass is 35.5. The number of carboxylic acid groups (broad SMARTS) is 2. The number of fused-ring (bicyclic) bond motifs is 2. The van der Waals surface area contributed by atoms with Crippen LogP contribution in [0.15, 0.2) is 92.1 Å². The number of rotatable bonds is 18. The molecule has 0 saturated carbocycles. The summed E-state index contributed by atoms with van der Waals surface area (Å²) in [5.74, 6) is -3.71. The van der Waals surface area contributed by atoms with Crippen molar-refractivity contribution in [3.8, 4) is 0 Å². The first-order valence-electron chi connectivity index (χ1n) is 27.4. The van der Waals surface area contributed by atoms with Gasteiger partial charge in [0.05, 0.1) is 46.5 Å². The molecule has 4 aromatic rings. The number of benzene rings is 2. The van der Waals surface area contributed by atoms with E-state index in [1.165, 1.54) is 46.9 Å². The fourth-order valence-corrected chi connectivity index (χ4v) is 13.1. The van der Waals surface area contributed by atoms with Crippen molar-refractivity contribution in [2.75, 3.05) is 78.7 Å².